The van der Waals surface area contributed by atoms with Crippen molar-refractivity contribution in [3.8, 4) is 21.8 Å². The molecule has 0 unspecified atom stereocenters. The Morgan fingerprint density at radius 2 is 1.58 bits per heavy atom. The molecule has 3 aromatic rings. The van der Waals surface area contributed by atoms with Crippen molar-refractivity contribution in [3.05, 3.63) is 60.7 Å². The van der Waals surface area contributed by atoms with Gasteiger partial charge in [-0.2, -0.15) is 0 Å². The van der Waals surface area contributed by atoms with Crippen LogP contribution in [0.3, 0.4) is 0 Å². The van der Waals surface area contributed by atoms with Crippen LogP contribution in [0.4, 0.5) is 5.00 Å². The van der Waals surface area contributed by atoms with E-state index in [4.69, 9.17) is 4.98 Å². The van der Waals surface area contributed by atoms with Crippen LogP contribution in [-0.2, 0) is 4.79 Å². The van der Waals surface area contributed by atoms with Gasteiger partial charge in [0.2, 0.25) is 5.91 Å². The van der Waals surface area contributed by atoms with Gasteiger partial charge in [0.1, 0.15) is 15.7 Å². The molecule has 1 fully saturated rings. The zero-order valence-electron chi connectivity index (χ0n) is 13.2. The van der Waals surface area contributed by atoms with E-state index in [0.29, 0.717) is 0 Å². The molecule has 1 amide bonds. The summed E-state index contributed by atoms with van der Waals surface area (Å²) in [7, 11) is 0. The van der Waals surface area contributed by atoms with Gasteiger partial charge in [-0.1, -0.05) is 78.4 Å². The van der Waals surface area contributed by atoms with Crippen LogP contribution < -0.4 is 5.32 Å². The molecule has 3 nitrogen and oxygen atoms in total. The standard InChI is InChI=1S/C20H18N2OS/c23-18(15-12-7-13-15)22-20-17(14-8-3-1-4-9-14)21-19(24-20)16-10-5-2-6-11-16/h1-6,8-11,15H,7,12-13H2,(H,22,23). The third-order valence-electron chi connectivity index (χ3n) is 4.41. The zero-order chi connectivity index (χ0) is 16.4. The number of benzene rings is 2. The van der Waals surface area contributed by atoms with Gasteiger partial charge in [0.05, 0.1) is 0 Å². The highest BCUT2D eigenvalue weighted by molar-refractivity contribution is 7.19. The Labute approximate surface area is 145 Å². The quantitative estimate of drug-likeness (QED) is 0.711. The summed E-state index contributed by atoms with van der Waals surface area (Å²) in [6, 6.07) is 20.1. The van der Waals surface area contributed by atoms with Gasteiger partial charge in [-0.15, -0.1) is 0 Å². The molecule has 24 heavy (non-hydrogen) atoms. The number of thiazole rings is 1. The maximum Gasteiger partial charge on any atom is 0.228 e. The first-order valence-corrected chi connectivity index (χ1v) is 9.05. The number of hydrogen-bond donors (Lipinski definition) is 1. The molecule has 0 saturated heterocycles. The molecular formula is C20H18N2OS. The van der Waals surface area contributed by atoms with Crippen molar-refractivity contribution in [3.63, 3.8) is 0 Å². The molecule has 1 saturated carbocycles. The van der Waals surface area contributed by atoms with Crippen molar-refractivity contribution >= 4 is 22.2 Å². The Morgan fingerprint density at radius 1 is 0.958 bits per heavy atom. The van der Waals surface area contributed by atoms with Crippen LogP contribution >= 0.6 is 11.3 Å². The second-order valence-corrected chi connectivity index (χ2v) is 7.04. The summed E-state index contributed by atoms with van der Waals surface area (Å²) in [6.07, 6.45) is 3.15. The van der Waals surface area contributed by atoms with E-state index < -0.39 is 0 Å². The number of aromatic nitrogens is 1. The lowest BCUT2D eigenvalue weighted by molar-refractivity contribution is -0.122. The summed E-state index contributed by atoms with van der Waals surface area (Å²) in [5.74, 6) is 0.289. The average Bonchev–Trinajstić information content (AvgIpc) is 2.98. The van der Waals surface area contributed by atoms with E-state index in [2.05, 4.69) is 5.32 Å². The molecule has 0 atom stereocenters. The first-order chi connectivity index (χ1) is 11.8. The summed E-state index contributed by atoms with van der Waals surface area (Å²) < 4.78 is 0. The fourth-order valence-electron chi connectivity index (χ4n) is 2.79. The monoisotopic (exact) mass is 334 g/mol. The summed E-state index contributed by atoms with van der Waals surface area (Å²) in [5.41, 5.74) is 2.95. The number of carbonyl (C=O) groups excluding carboxylic acids is 1. The number of hydrogen-bond acceptors (Lipinski definition) is 3. The topological polar surface area (TPSA) is 42.0 Å². The lowest BCUT2D eigenvalue weighted by Crippen LogP contribution is -2.27. The van der Waals surface area contributed by atoms with E-state index >= 15 is 0 Å². The SMILES string of the molecule is O=C(Nc1sc(-c2ccccc2)nc1-c1ccccc1)C1CCC1. The molecule has 1 aromatic heterocycles. The van der Waals surface area contributed by atoms with Crippen molar-refractivity contribution in [2.24, 2.45) is 5.92 Å². The lowest BCUT2D eigenvalue weighted by Gasteiger charge is -2.23. The summed E-state index contributed by atoms with van der Waals surface area (Å²) in [4.78, 5) is 17.2. The van der Waals surface area contributed by atoms with Gasteiger partial charge in [-0.05, 0) is 12.8 Å². The van der Waals surface area contributed by atoms with Crippen molar-refractivity contribution in [1.29, 1.82) is 0 Å². The lowest BCUT2D eigenvalue weighted by atomic mass is 9.85. The minimum Gasteiger partial charge on any atom is -0.316 e. The molecule has 120 valence electrons. The molecular weight excluding hydrogens is 316 g/mol. The van der Waals surface area contributed by atoms with Gasteiger partial charge in [-0.25, -0.2) is 4.98 Å². The molecule has 0 radical (unpaired) electrons. The maximum atomic E-state index is 12.4. The maximum absolute atomic E-state index is 12.4. The Hall–Kier alpha value is -2.46. The molecule has 1 aliphatic rings. The van der Waals surface area contributed by atoms with Crippen LogP contribution in [0.1, 0.15) is 19.3 Å². The minimum absolute atomic E-state index is 0.127. The van der Waals surface area contributed by atoms with E-state index in [0.717, 1.165) is 46.1 Å². The number of nitrogens with one attached hydrogen (secondary N) is 1. The molecule has 4 heteroatoms. The van der Waals surface area contributed by atoms with Gasteiger partial charge in [0.25, 0.3) is 0 Å². The Balaban J connectivity index is 1.72. The Bertz CT molecular complexity index is 839. The van der Waals surface area contributed by atoms with E-state index in [1.807, 2.05) is 60.7 Å². The molecule has 1 N–H and O–H groups in total. The van der Waals surface area contributed by atoms with Crippen LogP contribution in [0.2, 0.25) is 0 Å². The van der Waals surface area contributed by atoms with Gasteiger partial charge in [0.15, 0.2) is 0 Å². The first-order valence-electron chi connectivity index (χ1n) is 8.24. The van der Waals surface area contributed by atoms with Crippen molar-refractivity contribution in [1.82, 2.24) is 4.98 Å². The smallest absolute Gasteiger partial charge is 0.228 e. The molecule has 0 bridgehead atoms. The number of anilines is 1. The molecule has 0 aliphatic heterocycles. The fourth-order valence-corrected chi connectivity index (χ4v) is 3.78. The zero-order valence-corrected chi connectivity index (χ0v) is 14.1. The van der Waals surface area contributed by atoms with Crippen LogP contribution in [0.5, 0.6) is 0 Å². The van der Waals surface area contributed by atoms with E-state index in [1.165, 1.54) is 0 Å². The largest absolute Gasteiger partial charge is 0.316 e. The molecule has 1 heterocycles. The summed E-state index contributed by atoms with van der Waals surface area (Å²) in [5, 5.41) is 4.89. The minimum atomic E-state index is 0.127. The third kappa shape index (κ3) is 2.97. The highest BCUT2D eigenvalue weighted by Crippen LogP contribution is 2.39. The third-order valence-corrected chi connectivity index (χ3v) is 5.43. The van der Waals surface area contributed by atoms with Crippen LogP contribution in [0.25, 0.3) is 21.8 Å². The summed E-state index contributed by atoms with van der Waals surface area (Å²) in [6.45, 7) is 0. The van der Waals surface area contributed by atoms with Crippen LogP contribution in [0.15, 0.2) is 60.7 Å². The number of carbonyl (C=O) groups is 1. The van der Waals surface area contributed by atoms with Crippen molar-refractivity contribution < 1.29 is 4.79 Å². The van der Waals surface area contributed by atoms with Gasteiger partial charge in [-0.3, -0.25) is 4.79 Å². The molecule has 4 rings (SSSR count). The Kier molecular flexibility index (Phi) is 4.13. The second-order valence-electron chi connectivity index (χ2n) is 6.05. The molecule has 2 aromatic carbocycles. The first kappa shape index (κ1) is 15.1. The predicted molar refractivity (Wildman–Crippen MR) is 99.0 cm³/mol. The van der Waals surface area contributed by atoms with Crippen LogP contribution in [0, 0.1) is 5.92 Å². The highest BCUT2D eigenvalue weighted by Gasteiger charge is 2.27. The second kappa shape index (κ2) is 6.57. The average molecular weight is 334 g/mol. The number of rotatable bonds is 4. The van der Waals surface area contributed by atoms with Gasteiger partial charge in [0, 0.05) is 17.0 Å². The van der Waals surface area contributed by atoms with E-state index in [1.54, 1.807) is 11.3 Å². The Morgan fingerprint density at radius 3 is 2.17 bits per heavy atom. The van der Waals surface area contributed by atoms with Crippen LogP contribution in [-0.4, -0.2) is 10.9 Å². The molecule has 1 aliphatic carbocycles. The molecule has 0 spiro atoms. The summed E-state index contributed by atoms with van der Waals surface area (Å²) >= 11 is 1.54. The van der Waals surface area contributed by atoms with Gasteiger partial charge >= 0.3 is 0 Å². The van der Waals surface area contributed by atoms with Gasteiger partial charge < -0.3 is 5.32 Å². The van der Waals surface area contributed by atoms with Crippen molar-refractivity contribution in [2.45, 2.75) is 19.3 Å². The number of amides is 1. The van der Waals surface area contributed by atoms with E-state index in [-0.39, 0.29) is 11.8 Å². The van der Waals surface area contributed by atoms with Crippen molar-refractivity contribution in [2.75, 3.05) is 5.32 Å². The highest BCUT2D eigenvalue weighted by atomic mass is 32.1. The van der Waals surface area contributed by atoms with E-state index in [9.17, 15) is 4.79 Å². The number of nitrogens with zero attached hydrogens (tertiary/aromatic N) is 1. The fraction of sp³-hybridized carbons (Fsp3) is 0.200. The normalized spacial score (nSPS) is 14.2. The predicted octanol–water partition coefficient (Wildman–Crippen LogP) is 5.22.